The average Bonchev–Trinajstić information content (AvgIpc) is 4.02. The number of aryl methyl sites for hydroxylation is 1. The molecule has 2 heterocycles. The van der Waals surface area contributed by atoms with E-state index in [0.29, 0.717) is 0 Å². The maximum atomic E-state index is 6.51. The standard InChI is InChI=1S/C56H36N2O/c1-35-29-31-37(32-30-35)57(47-26-14-25-46-52(47)40-19-7-11-24-45(40)56(46)43-22-9-5-17-38(43)39-18-6-10-23-44(39)56)49-27-13-21-42-53-48(58(55(42)49)36-15-3-2-4-16-36)33-34-51-54(53)41-20-8-12-28-50(41)59-51/h2-34H,1H3. The highest BCUT2D eigenvalue weighted by Crippen LogP contribution is 2.65. The number of hydrogen-bond donors (Lipinski definition) is 0. The molecular formula is C56H36N2O. The van der Waals surface area contributed by atoms with E-state index < -0.39 is 5.41 Å². The number of para-hydroxylation sites is 3. The highest BCUT2D eigenvalue weighted by atomic mass is 16.3. The Kier molecular flexibility index (Phi) is 6.58. The highest BCUT2D eigenvalue weighted by molar-refractivity contribution is 6.29. The fourth-order valence-corrected chi connectivity index (χ4v) is 10.8. The first kappa shape index (κ1) is 32.5. The van der Waals surface area contributed by atoms with Gasteiger partial charge in [0.2, 0.25) is 0 Å². The number of fused-ring (bicyclic) bond motifs is 17. The van der Waals surface area contributed by atoms with Crippen LogP contribution < -0.4 is 4.90 Å². The Balaban J connectivity index is 1.18. The molecule has 0 N–H and O–H groups in total. The summed E-state index contributed by atoms with van der Waals surface area (Å²) in [4.78, 5) is 2.52. The minimum absolute atomic E-state index is 0.451. The molecule has 0 aliphatic heterocycles. The second kappa shape index (κ2) is 12.0. The van der Waals surface area contributed by atoms with Gasteiger partial charge in [0.05, 0.1) is 27.8 Å². The molecule has 0 amide bonds. The molecule has 0 radical (unpaired) electrons. The van der Waals surface area contributed by atoms with Gasteiger partial charge in [-0.1, -0.05) is 151 Å². The van der Waals surface area contributed by atoms with Crippen molar-refractivity contribution >= 4 is 60.8 Å². The van der Waals surface area contributed by atoms with E-state index >= 15 is 0 Å². The van der Waals surface area contributed by atoms with E-state index in [0.717, 1.165) is 55.7 Å². The van der Waals surface area contributed by atoms with Gasteiger partial charge in [-0.15, -0.1) is 0 Å². The first-order chi connectivity index (χ1) is 29.2. The Morgan fingerprint density at radius 1 is 0.441 bits per heavy atom. The number of nitrogens with zero attached hydrogens (tertiary/aromatic N) is 2. The minimum Gasteiger partial charge on any atom is -0.456 e. The molecule has 11 aromatic rings. The number of furan rings is 1. The highest BCUT2D eigenvalue weighted by Gasteiger charge is 2.52. The lowest BCUT2D eigenvalue weighted by molar-refractivity contribution is 0.669. The molecule has 0 saturated carbocycles. The molecule has 2 aromatic heterocycles. The summed E-state index contributed by atoms with van der Waals surface area (Å²) < 4.78 is 8.97. The van der Waals surface area contributed by atoms with E-state index in [1.54, 1.807) is 0 Å². The lowest BCUT2D eigenvalue weighted by atomic mass is 9.70. The van der Waals surface area contributed by atoms with Gasteiger partial charge < -0.3 is 13.9 Å². The SMILES string of the molecule is Cc1ccc(N(c2cccc3c2-c2ccccc2C32c3ccccc3-c3ccccc32)c2cccc3c4c5c(ccc4n(-c4ccccc4)c23)oc2ccccc25)cc1. The molecule has 1 spiro atoms. The van der Waals surface area contributed by atoms with Crippen molar-refractivity contribution in [1.82, 2.24) is 4.57 Å². The van der Waals surface area contributed by atoms with Crippen molar-refractivity contribution in [3.05, 3.63) is 228 Å². The summed E-state index contributed by atoms with van der Waals surface area (Å²) in [6.45, 7) is 2.16. The summed E-state index contributed by atoms with van der Waals surface area (Å²) in [5.41, 5.74) is 19.8. The summed E-state index contributed by atoms with van der Waals surface area (Å²) in [6, 6.07) is 73.7. The number of anilines is 3. The van der Waals surface area contributed by atoms with Crippen molar-refractivity contribution in [3.63, 3.8) is 0 Å². The summed E-state index contributed by atoms with van der Waals surface area (Å²) in [5.74, 6) is 0. The molecular weight excluding hydrogens is 717 g/mol. The second-order valence-corrected chi connectivity index (χ2v) is 16.0. The van der Waals surface area contributed by atoms with Crippen LogP contribution in [0.2, 0.25) is 0 Å². The van der Waals surface area contributed by atoms with E-state index in [9.17, 15) is 0 Å². The third-order valence-electron chi connectivity index (χ3n) is 13.1. The molecule has 0 fully saturated rings. The molecule has 3 nitrogen and oxygen atoms in total. The summed E-state index contributed by atoms with van der Waals surface area (Å²) >= 11 is 0. The third-order valence-corrected chi connectivity index (χ3v) is 13.1. The molecule has 0 unspecified atom stereocenters. The van der Waals surface area contributed by atoms with Gasteiger partial charge in [-0.25, -0.2) is 0 Å². The number of hydrogen-bond acceptors (Lipinski definition) is 2. The van der Waals surface area contributed by atoms with Crippen molar-refractivity contribution in [3.8, 4) is 27.9 Å². The second-order valence-electron chi connectivity index (χ2n) is 16.0. The van der Waals surface area contributed by atoms with Gasteiger partial charge in [-0.3, -0.25) is 0 Å². The summed E-state index contributed by atoms with van der Waals surface area (Å²) in [7, 11) is 0. The van der Waals surface area contributed by atoms with Gasteiger partial charge in [-0.2, -0.15) is 0 Å². The van der Waals surface area contributed by atoms with Crippen molar-refractivity contribution in [2.75, 3.05) is 4.90 Å². The quantitative estimate of drug-likeness (QED) is 0.179. The fraction of sp³-hybridized carbons (Fsp3) is 0.0357. The molecule has 0 bridgehead atoms. The average molecular weight is 753 g/mol. The molecule has 2 aliphatic rings. The molecule has 2 aliphatic carbocycles. The van der Waals surface area contributed by atoms with Crippen LogP contribution in [0.1, 0.15) is 27.8 Å². The summed E-state index contributed by atoms with van der Waals surface area (Å²) in [6.07, 6.45) is 0. The normalized spacial score (nSPS) is 13.3. The predicted octanol–water partition coefficient (Wildman–Crippen LogP) is 14.8. The Hall–Kier alpha value is -7.62. The van der Waals surface area contributed by atoms with Gasteiger partial charge >= 0.3 is 0 Å². The van der Waals surface area contributed by atoms with Crippen molar-refractivity contribution in [2.24, 2.45) is 0 Å². The zero-order chi connectivity index (χ0) is 38.8. The van der Waals surface area contributed by atoms with Crippen molar-refractivity contribution < 1.29 is 4.42 Å². The van der Waals surface area contributed by atoms with Crippen LogP contribution in [-0.4, -0.2) is 4.57 Å². The predicted molar refractivity (Wildman–Crippen MR) is 244 cm³/mol. The third kappa shape index (κ3) is 4.21. The van der Waals surface area contributed by atoms with Crippen LogP contribution in [-0.2, 0) is 5.41 Å². The van der Waals surface area contributed by atoms with Crippen LogP contribution in [0, 0.1) is 6.92 Å². The van der Waals surface area contributed by atoms with E-state index in [1.165, 1.54) is 60.8 Å². The number of aromatic nitrogens is 1. The number of benzene rings is 9. The van der Waals surface area contributed by atoms with Gasteiger partial charge in [0.25, 0.3) is 0 Å². The molecule has 0 atom stereocenters. The van der Waals surface area contributed by atoms with Crippen LogP contribution in [0.25, 0.3) is 71.7 Å². The Bertz CT molecular complexity index is 3470. The van der Waals surface area contributed by atoms with Crippen LogP contribution in [0.15, 0.2) is 205 Å². The molecule has 59 heavy (non-hydrogen) atoms. The Morgan fingerprint density at radius 2 is 1.03 bits per heavy atom. The molecule has 9 aromatic carbocycles. The minimum atomic E-state index is -0.451. The van der Waals surface area contributed by atoms with E-state index in [-0.39, 0.29) is 0 Å². The van der Waals surface area contributed by atoms with E-state index in [2.05, 4.69) is 217 Å². The lowest BCUT2D eigenvalue weighted by Crippen LogP contribution is -2.26. The van der Waals surface area contributed by atoms with Gasteiger partial charge in [0, 0.05) is 38.5 Å². The zero-order valence-corrected chi connectivity index (χ0v) is 32.4. The van der Waals surface area contributed by atoms with Gasteiger partial charge in [-0.05, 0) is 100 Å². The first-order valence-corrected chi connectivity index (χ1v) is 20.4. The van der Waals surface area contributed by atoms with Gasteiger partial charge in [0.1, 0.15) is 11.2 Å². The maximum Gasteiger partial charge on any atom is 0.136 e. The van der Waals surface area contributed by atoms with Crippen LogP contribution in [0.3, 0.4) is 0 Å². The topological polar surface area (TPSA) is 21.3 Å². The van der Waals surface area contributed by atoms with E-state index in [1.807, 2.05) is 0 Å². The maximum absolute atomic E-state index is 6.51. The molecule has 0 saturated heterocycles. The largest absolute Gasteiger partial charge is 0.456 e. The monoisotopic (exact) mass is 752 g/mol. The Morgan fingerprint density at radius 3 is 1.80 bits per heavy atom. The molecule has 276 valence electrons. The van der Waals surface area contributed by atoms with Crippen LogP contribution >= 0.6 is 0 Å². The fourth-order valence-electron chi connectivity index (χ4n) is 10.8. The number of rotatable bonds is 4. The van der Waals surface area contributed by atoms with Crippen LogP contribution in [0.4, 0.5) is 17.1 Å². The van der Waals surface area contributed by atoms with Crippen molar-refractivity contribution in [2.45, 2.75) is 12.3 Å². The van der Waals surface area contributed by atoms with Crippen LogP contribution in [0.5, 0.6) is 0 Å². The lowest BCUT2D eigenvalue weighted by Gasteiger charge is -2.32. The van der Waals surface area contributed by atoms with Crippen molar-refractivity contribution in [1.29, 1.82) is 0 Å². The Labute approximate surface area is 341 Å². The van der Waals surface area contributed by atoms with E-state index in [4.69, 9.17) is 4.42 Å². The van der Waals surface area contributed by atoms with Gasteiger partial charge in [0.15, 0.2) is 0 Å². The summed E-state index contributed by atoms with van der Waals surface area (Å²) in [5, 5.41) is 4.64. The smallest absolute Gasteiger partial charge is 0.136 e. The molecule has 3 heteroatoms. The zero-order valence-electron chi connectivity index (χ0n) is 32.4. The first-order valence-electron chi connectivity index (χ1n) is 20.4. The molecule has 13 rings (SSSR count).